The van der Waals surface area contributed by atoms with Crippen molar-refractivity contribution in [2.75, 3.05) is 0 Å². The molecule has 1 atom stereocenters. The van der Waals surface area contributed by atoms with Crippen molar-refractivity contribution in [2.45, 2.75) is 64.2 Å². The quantitative estimate of drug-likeness (QED) is 0.617. The summed E-state index contributed by atoms with van der Waals surface area (Å²) in [6.07, 6.45) is 10.2. The smallest absolute Gasteiger partial charge is 0.0156 e. The van der Waals surface area contributed by atoms with E-state index in [1.165, 1.54) is 55.2 Å². The molecule has 2 rings (SSSR count). The fourth-order valence-electron chi connectivity index (χ4n) is 3.10. The van der Waals surface area contributed by atoms with E-state index in [4.69, 9.17) is 0 Å². The van der Waals surface area contributed by atoms with Crippen LogP contribution in [0, 0.1) is 0 Å². The fraction of sp³-hybridized carbons (Fsp3) is 0.556. The van der Waals surface area contributed by atoms with Crippen LogP contribution in [-0.4, -0.2) is 0 Å². The highest BCUT2D eigenvalue weighted by molar-refractivity contribution is 5.55. The predicted molar refractivity (Wildman–Crippen MR) is 81.1 cm³/mol. The van der Waals surface area contributed by atoms with Gasteiger partial charge in [-0.15, -0.1) is 0 Å². The molecule has 1 aliphatic carbocycles. The van der Waals surface area contributed by atoms with Gasteiger partial charge in [-0.2, -0.15) is 0 Å². The Morgan fingerprint density at radius 3 is 2.61 bits per heavy atom. The zero-order chi connectivity index (χ0) is 13.0. The molecule has 0 aromatic heterocycles. The van der Waals surface area contributed by atoms with Gasteiger partial charge in [-0.3, -0.25) is 0 Å². The monoisotopic (exact) mass is 242 g/mol. The van der Waals surface area contributed by atoms with E-state index in [-0.39, 0.29) is 0 Å². The molecule has 1 saturated carbocycles. The van der Waals surface area contributed by atoms with Crippen LogP contribution in [0.15, 0.2) is 24.8 Å². The van der Waals surface area contributed by atoms with Gasteiger partial charge in [-0.1, -0.05) is 64.0 Å². The predicted octanol–water partition coefficient (Wildman–Crippen LogP) is 5.89. The summed E-state index contributed by atoms with van der Waals surface area (Å²) in [6.45, 7) is 8.58. The average Bonchev–Trinajstić information content (AvgIpc) is 2.46. The minimum absolute atomic E-state index is 0.657. The Hall–Kier alpha value is -1.04. The number of hydrogen-bond acceptors (Lipinski definition) is 0. The molecule has 0 radical (unpaired) electrons. The molecular formula is C18H26. The summed E-state index contributed by atoms with van der Waals surface area (Å²) < 4.78 is 0. The number of hydrogen-bond donors (Lipinski definition) is 0. The van der Waals surface area contributed by atoms with Gasteiger partial charge in [0.2, 0.25) is 0 Å². The Labute approximate surface area is 112 Å². The van der Waals surface area contributed by atoms with Crippen molar-refractivity contribution in [2.24, 2.45) is 0 Å². The molecule has 0 N–H and O–H groups in total. The molecule has 0 heterocycles. The van der Waals surface area contributed by atoms with Gasteiger partial charge in [0.15, 0.2) is 0 Å². The number of rotatable bonds is 4. The van der Waals surface area contributed by atoms with Gasteiger partial charge in [0.25, 0.3) is 0 Å². The van der Waals surface area contributed by atoms with Gasteiger partial charge in [0.1, 0.15) is 0 Å². The van der Waals surface area contributed by atoms with Crippen LogP contribution in [0.4, 0.5) is 0 Å². The lowest BCUT2D eigenvalue weighted by Crippen LogP contribution is -2.06. The molecule has 1 aromatic rings. The van der Waals surface area contributed by atoms with E-state index in [1.807, 2.05) is 0 Å². The highest BCUT2D eigenvalue weighted by Crippen LogP contribution is 2.36. The van der Waals surface area contributed by atoms with Crippen LogP contribution < -0.4 is 0 Å². The second kappa shape index (κ2) is 6.22. The van der Waals surface area contributed by atoms with Crippen LogP contribution in [0.1, 0.15) is 80.9 Å². The Morgan fingerprint density at radius 2 is 2.00 bits per heavy atom. The minimum atomic E-state index is 0.657. The van der Waals surface area contributed by atoms with E-state index in [2.05, 4.69) is 44.7 Å². The summed E-state index contributed by atoms with van der Waals surface area (Å²) in [5.74, 6) is 1.43. The van der Waals surface area contributed by atoms with Gasteiger partial charge in [0, 0.05) is 0 Å². The Morgan fingerprint density at radius 1 is 1.28 bits per heavy atom. The van der Waals surface area contributed by atoms with Crippen LogP contribution in [0.25, 0.3) is 6.08 Å². The molecule has 0 spiro atoms. The maximum Gasteiger partial charge on any atom is -0.0156 e. The van der Waals surface area contributed by atoms with Crippen LogP contribution >= 0.6 is 0 Å². The molecule has 0 heteroatoms. The molecule has 0 aliphatic heterocycles. The van der Waals surface area contributed by atoms with Crippen molar-refractivity contribution in [3.8, 4) is 0 Å². The summed E-state index contributed by atoms with van der Waals surface area (Å²) >= 11 is 0. The van der Waals surface area contributed by atoms with Gasteiger partial charge < -0.3 is 0 Å². The molecule has 0 nitrogen and oxygen atoms in total. The minimum Gasteiger partial charge on any atom is -0.0985 e. The van der Waals surface area contributed by atoms with E-state index in [9.17, 15) is 0 Å². The van der Waals surface area contributed by atoms with Crippen molar-refractivity contribution >= 4 is 6.08 Å². The van der Waals surface area contributed by atoms with Crippen LogP contribution in [0.5, 0.6) is 0 Å². The molecule has 1 unspecified atom stereocenters. The van der Waals surface area contributed by atoms with E-state index in [0.29, 0.717) is 5.92 Å². The Kier molecular flexibility index (Phi) is 4.63. The summed E-state index contributed by atoms with van der Waals surface area (Å²) in [6, 6.07) is 7.07. The molecule has 1 fully saturated rings. The first-order chi connectivity index (χ1) is 8.76. The molecule has 0 amide bonds. The highest BCUT2D eigenvalue weighted by atomic mass is 14.2. The maximum atomic E-state index is 4.01. The van der Waals surface area contributed by atoms with Crippen molar-refractivity contribution in [3.05, 3.63) is 41.5 Å². The molecular weight excluding hydrogens is 216 g/mol. The zero-order valence-electron chi connectivity index (χ0n) is 11.9. The van der Waals surface area contributed by atoms with Crippen molar-refractivity contribution in [3.63, 3.8) is 0 Å². The largest absolute Gasteiger partial charge is 0.0985 e. The summed E-state index contributed by atoms with van der Waals surface area (Å²) in [4.78, 5) is 0. The highest BCUT2D eigenvalue weighted by Gasteiger charge is 2.18. The summed E-state index contributed by atoms with van der Waals surface area (Å²) in [5, 5.41) is 0. The molecule has 0 bridgehead atoms. The lowest BCUT2D eigenvalue weighted by Gasteiger charge is -2.24. The third kappa shape index (κ3) is 2.85. The van der Waals surface area contributed by atoms with Crippen molar-refractivity contribution in [1.29, 1.82) is 0 Å². The van der Waals surface area contributed by atoms with E-state index in [0.717, 1.165) is 5.92 Å². The van der Waals surface area contributed by atoms with Crippen molar-refractivity contribution < 1.29 is 0 Å². The topological polar surface area (TPSA) is 0 Å². The standard InChI is InChI=1S/C18H26/c1-4-14(3)17-11-12-18(15(5-2)13-17)16-9-7-6-8-10-16/h5,11-14,16H,2,4,6-10H2,1,3H3. The maximum absolute atomic E-state index is 4.01. The zero-order valence-corrected chi connectivity index (χ0v) is 11.9. The van der Waals surface area contributed by atoms with E-state index < -0.39 is 0 Å². The molecule has 0 saturated heterocycles. The number of benzene rings is 1. The summed E-state index contributed by atoms with van der Waals surface area (Å²) in [7, 11) is 0. The third-order valence-corrected chi connectivity index (χ3v) is 4.56. The van der Waals surface area contributed by atoms with E-state index in [1.54, 1.807) is 0 Å². The lowest BCUT2D eigenvalue weighted by atomic mass is 9.81. The second-order valence-corrected chi connectivity index (χ2v) is 5.74. The molecule has 1 aliphatic rings. The van der Waals surface area contributed by atoms with Crippen LogP contribution in [-0.2, 0) is 0 Å². The van der Waals surface area contributed by atoms with Crippen molar-refractivity contribution in [1.82, 2.24) is 0 Å². The average molecular weight is 242 g/mol. The Bertz CT molecular complexity index is 396. The van der Waals surface area contributed by atoms with Gasteiger partial charge in [-0.05, 0) is 47.8 Å². The first-order valence-corrected chi connectivity index (χ1v) is 7.52. The first kappa shape index (κ1) is 13.4. The second-order valence-electron chi connectivity index (χ2n) is 5.74. The fourth-order valence-corrected chi connectivity index (χ4v) is 3.10. The lowest BCUT2D eigenvalue weighted by molar-refractivity contribution is 0.443. The first-order valence-electron chi connectivity index (χ1n) is 7.52. The van der Waals surface area contributed by atoms with E-state index >= 15 is 0 Å². The molecule has 1 aromatic carbocycles. The molecule has 98 valence electrons. The van der Waals surface area contributed by atoms with Crippen LogP contribution in [0.3, 0.4) is 0 Å². The normalized spacial score (nSPS) is 18.6. The third-order valence-electron chi connectivity index (χ3n) is 4.56. The Balaban J connectivity index is 2.27. The molecule has 18 heavy (non-hydrogen) atoms. The van der Waals surface area contributed by atoms with Gasteiger partial charge in [0.05, 0.1) is 0 Å². The SMILES string of the molecule is C=Cc1cc(C(C)CC)ccc1C1CCCCC1. The van der Waals surface area contributed by atoms with Gasteiger partial charge in [-0.25, -0.2) is 0 Å². The summed E-state index contributed by atoms with van der Waals surface area (Å²) in [5.41, 5.74) is 4.38. The van der Waals surface area contributed by atoms with Crippen LogP contribution in [0.2, 0.25) is 0 Å². The van der Waals surface area contributed by atoms with Gasteiger partial charge >= 0.3 is 0 Å².